The van der Waals surface area contributed by atoms with Gasteiger partial charge in [0.15, 0.2) is 6.61 Å². The lowest BCUT2D eigenvalue weighted by molar-refractivity contribution is -0.143. The number of nitrogens with zero attached hydrogens (tertiary/aromatic N) is 1. The van der Waals surface area contributed by atoms with Crippen LogP contribution in [0.1, 0.15) is 38.3 Å². The summed E-state index contributed by atoms with van der Waals surface area (Å²) in [5, 5.41) is 4.96. The highest BCUT2D eigenvalue weighted by atomic mass is 16.5. The van der Waals surface area contributed by atoms with Gasteiger partial charge in [0.2, 0.25) is 5.91 Å². The molecule has 0 aliphatic heterocycles. The van der Waals surface area contributed by atoms with Crippen LogP contribution in [0.2, 0.25) is 0 Å². The molecule has 0 saturated carbocycles. The molecule has 3 aromatic rings. The molecule has 0 spiro atoms. The molecule has 1 unspecified atom stereocenters. The number of nitrogens with one attached hydrogen (secondary N) is 1. The molecule has 5 heteroatoms. The van der Waals surface area contributed by atoms with Crippen molar-refractivity contribution in [1.29, 1.82) is 0 Å². The van der Waals surface area contributed by atoms with Crippen LogP contribution in [-0.2, 0) is 16.1 Å². The average Bonchev–Trinajstić information content (AvgIpc) is 2.78. The largest absolute Gasteiger partial charge is 0.483 e. The molecule has 0 radical (unpaired) electrons. The van der Waals surface area contributed by atoms with Gasteiger partial charge in [0.05, 0.1) is 0 Å². The molecule has 168 valence electrons. The minimum Gasteiger partial charge on any atom is -0.483 e. The highest BCUT2D eigenvalue weighted by molar-refractivity contribution is 5.90. The second-order valence-corrected chi connectivity index (χ2v) is 8.30. The normalized spacial score (nSPS) is 11.9. The maximum atomic E-state index is 13.4. The molecule has 1 atom stereocenters. The summed E-state index contributed by atoms with van der Waals surface area (Å²) in [6.45, 7) is 8.00. The Balaban J connectivity index is 1.84. The number of carbonyl (C=O) groups is 2. The second-order valence-electron chi connectivity index (χ2n) is 8.30. The quantitative estimate of drug-likeness (QED) is 0.525. The van der Waals surface area contributed by atoms with E-state index in [9.17, 15) is 9.59 Å². The summed E-state index contributed by atoms with van der Waals surface area (Å²) in [7, 11) is 0. The van der Waals surface area contributed by atoms with Crippen molar-refractivity contribution >= 4 is 22.6 Å². The number of hydrogen-bond acceptors (Lipinski definition) is 3. The summed E-state index contributed by atoms with van der Waals surface area (Å²) in [6, 6.07) is 21.1. The molecule has 1 N–H and O–H groups in total. The lowest BCUT2D eigenvalue weighted by atomic mass is 10.1. The van der Waals surface area contributed by atoms with E-state index in [0.29, 0.717) is 18.7 Å². The Kier molecular flexibility index (Phi) is 7.87. The van der Waals surface area contributed by atoms with E-state index in [2.05, 4.69) is 5.32 Å². The summed E-state index contributed by atoms with van der Waals surface area (Å²) < 4.78 is 5.96. The number of ether oxygens (including phenoxy) is 1. The Bertz CT molecular complexity index is 1070. The SMILES string of the molecule is CCC(C(=O)NC(C)C)N(Cc1ccccc1C)C(=O)COc1cccc2ccccc12. The number of rotatable bonds is 9. The minimum absolute atomic E-state index is 0.00102. The molecule has 0 saturated heterocycles. The number of carbonyl (C=O) groups excluding carboxylic acids is 2. The van der Waals surface area contributed by atoms with Crippen LogP contribution in [0, 0.1) is 6.92 Å². The monoisotopic (exact) mass is 432 g/mol. The second kappa shape index (κ2) is 10.8. The lowest BCUT2D eigenvalue weighted by Gasteiger charge is -2.31. The first-order chi connectivity index (χ1) is 15.4. The third-order valence-electron chi connectivity index (χ3n) is 5.52. The first-order valence-electron chi connectivity index (χ1n) is 11.2. The summed E-state index contributed by atoms with van der Waals surface area (Å²) in [5.74, 6) is 0.300. The van der Waals surface area contributed by atoms with Crippen molar-refractivity contribution in [3.05, 3.63) is 77.9 Å². The fourth-order valence-corrected chi connectivity index (χ4v) is 3.82. The average molecular weight is 433 g/mol. The van der Waals surface area contributed by atoms with Crippen molar-refractivity contribution < 1.29 is 14.3 Å². The van der Waals surface area contributed by atoms with Crippen molar-refractivity contribution in [2.75, 3.05) is 6.61 Å². The third kappa shape index (κ3) is 5.67. The molecule has 0 aromatic heterocycles. The predicted molar refractivity (Wildman–Crippen MR) is 129 cm³/mol. The van der Waals surface area contributed by atoms with E-state index in [-0.39, 0.29) is 24.5 Å². The number of aryl methyl sites for hydroxylation is 1. The van der Waals surface area contributed by atoms with Gasteiger partial charge in [-0.05, 0) is 49.8 Å². The summed E-state index contributed by atoms with van der Waals surface area (Å²) in [4.78, 5) is 27.9. The van der Waals surface area contributed by atoms with Crippen LogP contribution in [-0.4, -0.2) is 35.4 Å². The van der Waals surface area contributed by atoms with E-state index in [1.54, 1.807) is 4.90 Å². The van der Waals surface area contributed by atoms with Crippen molar-refractivity contribution in [2.45, 2.75) is 52.7 Å². The Morgan fingerprint density at radius 3 is 2.38 bits per heavy atom. The van der Waals surface area contributed by atoms with Crippen LogP contribution in [0.5, 0.6) is 5.75 Å². The molecule has 3 aromatic carbocycles. The summed E-state index contributed by atoms with van der Waals surface area (Å²) >= 11 is 0. The number of benzene rings is 3. The molecule has 32 heavy (non-hydrogen) atoms. The van der Waals surface area contributed by atoms with Gasteiger partial charge < -0.3 is 15.0 Å². The van der Waals surface area contributed by atoms with E-state index >= 15 is 0 Å². The maximum absolute atomic E-state index is 13.4. The Morgan fingerprint density at radius 2 is 1.66 bits per heavy atom. The fraction of sp³-hybridized carbons (Fsp3) is 0.333. The highest BCUT2D eigenvalue weighted by Crippen LogP contribution is 2.25. The first kappa shape index (κ1) is 23.3. The van der Waals surface area contributed by atoms with Gasteiger partial charge in [0.25, 0.3) is 5.91 Å². The molecule has 0 aliphatic carbocycles. The van der Waals surface area contributed by atoms with Gasteiger partial charge in [-0.2, -0.15) is 0 Å². The lowest BCUT2D eigenvalue weighted by Crippen LogP contribution is -2.51. The van der Waals surface area contributed by atoms with Crippen molar-refractivity contribution in [3.63, 3.8) is 0 Å². The predicted octanol–water partition coefficient (Wildman–Crippen LogP) is 4.86. The van der Waals surface area contributed by atoms with Gasteiger partial charge in [0, 0.05) is 18.0 Å². The number of fused-ring (bicyclic) bond motifs is 1. The van der Waals surface area contributed by atoms with Crippen LogP contribution in [0.3, 0.4) is 0 Å². The Morgan fingerprint density at radius 1 is 0.969 bits per heavy atom. The number of amides is 2. The summed E-state index contributed by atoms with van der Waals surface area (Å²) in [5.41, 5.74) is 2.10. The molecule has 0 bridgehead atoms. The van der Waals surface area contributed by atoms with Gasteiger partial charge in [-0.1, -0.05) is 67.6 Å². The molecule has 2 amide bonds. The molecule has 5 nitrogen and oxygen atoms in total. The van der Waals surface area contributed by atoms with Crippen LogP contribution in [0.4, 0.5) is 0 Å². The third-order valence-corrected chi connectivity index (χ3v) is 5.52. The van der Waals surface area contributed by atoms with Crippen molar-refractivity contribution in [2.24, 2.45) is 0 Å². The first-order valence-corrected chi connectivity index (χ1v) is 11.2. The van der Waals surface area contributed by atoms with Gasteiger partial charge >= 0.3 is 0 Å². The van der Waals surface area contributed by atoms with E-state index in [0.717, 1.165) is 21.9 Å². The highest BCUT2D eigenvalue weighted by Gasteiger charge is 2.29. The standard InChI is InChI=1S/C27H32N2O3/c1-5-24(27(31)28-19(2)3)29(17-22-13-7-6-11-20(22)4)26(30)18-32-25-16-10-14-21-12-8-9-15-23(21)25/h6-16,19,24H,5,17-18H2,1-4H3,(H,28,31). The minimum atomic E-state index is -0.569. The number of hydrogen-bond donors (Lipinski definition) is 1. The molecular weight excluding hydrogens is 400 g/mol. The maximum Gasteiger partial charge on any atom is 0.261 e. The summed E-state index contributed by atoms with van der Waals surface area (Å²) in [6.07, 6.45) is 0.518. The van der Waals surface area contributed by atoms with Crippen LogP contribution < -0.4 is 10.1 Å². The zero-order chi connectivity index (χ0) is 23.1. The van der Waals surface area contributed by atoms with Gasteiger partial charge in [0.1, 0.15) is 11.8 Å². The topological polar surface area (TPSA) is 58.6 Å². The van der Waals surface area contributed by atoms with Crippen LogP contribution in [0.15, 0.2) is 66.7 Å². The zero-order valence-electron chi connectivity index (χ0n) is 19.3. The van der Waals surface area contributed by atoms with Gasteiger partial charge in [-0.25, -0.2) is 0 Å². The molecule has 0 heterocycles. The molecule has 0 fully saturated rings. The van der Waals surface area contributed by atoms with Crippen LogP contribution >= 0.6 is 0 Å². The molecular formula is C27H32N2O3. The molecule has 0 aliphatic rings. The van der Waals surface area contributed by atoms with E-state index in [1.165, 1.54) is 0 Å². The van der Waals surface area contributed by atoms with Gasteiger partial charge in [-0.3, -0.25) is 9.59 Å². The zero-order valence-corrected chi connectivity index (χ0v) is 19.3. The Labute approximate surface area is 190 Å². The van der Waals surface area contributed by atoms with E-state index in [4.69, 9.17) is 4.74 Å². The van der Waals surface area contributed by atoms with Crippen molar-refractivity contribution in [1.82, 2.24) is 10.2 Å². The smallest absolute Gasteiger partial charge is 0.261 e. The fourth-order valence-electron chi connectivity index (χ4n) is 3.82. The van der Waals surface area contributed by atoms with Gasteiger partial charge in [-0.15, -0.1) is 0 Å². The molecule has 3 rings (SSSR count). The van der Waals surface area contributed by atoms with Crippen LogP contribution in [0.25, 0.3) is 10.8 Å². The van der Waals surface area contributed by atoms with Crippen molar-refractivity contribution in [3.8, 4) is 5.75 Å². The van der Waals surface area contributed by atoms with E-state index in [1.807, 2.05) is 94.4 Å². The Hall–Kier alpha value is -3.34. The van der Waals surface area contributed by atoms with E-state index < -0.39 is 6.04 Å².